The molecule has 0 bridgehead atoms. The van der Waals surface area contributed by atoms with Crippen LogP contribution in [0.3, 0.4) is 0 Å². The summed E-state index contributed by atoms with van der Waals surface area (Å²) >= 11 is 1.43. The number of amidine groups is 1. The van der Waals surface area contributed by atoms with Crippen LogP contribution < -0.4 is 15.9 Å². The van der Waals surface area contributed by atoms with E-state index in [1.807, 2.05) is 31.2 Å². The number of aliphatic imine (C=N–C) groups is 1. The van der Waals surface area contributed by atoms with Crippen LogP contribution in [0.5, 0.6) is 5.88 Å². The highest BCUT2D eigenvalue weighted by molar-refractivity contribution is 7.16. The summed E-state index contributed by atoms with van der Waals surface area (Å²) in [4.78, 5) is 24.5. The van der Waals surface area contributed by atoms with Gasteiger partial charge in [0.1, 0.15) is 5.76 Å². The molecule has 1 saturated carbocycles. The minimum Gasteiger partial charge on any atom is -0.493 e. The molecule has 1 aliphatic carbocycles. The Balaban J connectivity index is 1.68. The molecule has 2 heterocycles. The van der Waals surface area contributed by atoms with Crippen LogP contribution in [0.25, 0.3) is 11.8 Å². The first-order chi connectivity index (χ1) is 14.0. The van der Waals surface area contributed by atoms with Gasteiger partial charge < -0.3 is 15.2 Å². The number of carbonyl (C=O) groups excluding carboxylic acids is 1. The SMILES string of the molecule is CCOC1=CC(=NC(C)=O)N=c2ccc(=Cc3sc(NCC4CC4)nc3O)cc21. The van der Waals surface area contributed by atoms with Gasteiger partial charge in [-0.05, 0) is 49.1 Å². The minimum atomic E-state index is -0.309. The zero-order valence-electron chi connectivity index (χ0n) is 16.3. The number of hydrogen-bond acceptors (Lipinski definition) is 6. The fraction of sp³-hybridized carbons (Fsp3) is 0.333. The Kier molecular flexibility index (Phi) is 5.44. The number of thiazole rings is 1. The largest absolute Gasteiger partial charge is 0.493 e. The van der Waals surface area contributed by atoms with Crippen molar-refractivity contribution in [1.29, 1.82) is 0 Å². The summed E-state index contributed by atoms with van der Waals surface area (Å²) in [6, 6.07) is 5.70. The molecule has 0 radical (unpaired) electrons. The molecule has 1 aliphatic heterocycles. The molecule has 4 rings (SSSR count). The second-order valence-electron chi connectivity index (χ2n) is 6.99. The van der Waals surface area contributed by atoms with Gasteiger partial charge in [0.15, 0.2) is 11.0 Å². The Bertz CT molecular complexity index is 1130. The first kappa shape index (κ1) is 19.3. The summed E-state index contributed by atoms with van der Waals surface area (Å²) < 4.78 is 5.74. The fourth-order valence-electron chi connectivity index (χ4n) is 2.98. The lowest BCUT2D eigenvalue weighted by atomic mass is 10.1. The standard InChI is InChI=1S/C21H22N4O3S/c1-3-28-17-10-19(23-12(2)26)24-16-7-6-14(8-15(16)17)9-18-20(27)25-21(29-18)22-11-13-4-5-13/h6-10,13,27H,3-5,11H2,1-2H3,(H,22,25). The highest BCUT2D eigenvalue weighted by Crippen LogP contribution is 2.32. The van der Waals surface area contributed by atoms with Crippen LogP contribution in [0.15, 0.2) is 34.3 Å². The van der Waals surface area contributed by atoms with Gasteiger partial charge in [-0.1, -0.05) is 17.4 Å². The van der Waals surface area contributed by atoms with E-state index in [-0.39, 0.29) is 11.8 Å². The third-order valence-corrected chi connectivity index (χ3v) is 5.47. The molecule has 1 fully saturated rings. The number of nitrogens with one attached hydrogen (secondary N) is 1. The molecule has 8 heteroatoms. The van der Waals surface area contributed by atoms with Crippen LogP contribution in [0.1, 0.15) is 37.1 Å². The highest BCUT2D eigenvalue weighted by atomic mass is 32.1. The van der Waals surface area contributed by atoms with E-state index in [9.17, 15) is 9.90 Å². The van der Waals surface area contributed by atoms with E-state index < -0.39 is 0 Å². The van der Waals surface area contributed by atoms with Crippen molar-refractivity contribution >= 4 is 40.0 Å². The Morgan fingerprint density at radius 1 is 1.45 bits per heavy atom. The number of fused-ring (bicyclic) bond motifs is 1. The van der Waals surface area contributed by atoms with Gasteiger partial charge in [-0.3, -0.25) is 4.79 Å². The number of ether oxygens (including phenoxy) is 1. The molecule has 1 aromatic heterocycles. The molecule has 29 heavy (non-hydrogen) atoms. The Labute approximate surface area is 172 Å². The third-order valence-electron chi connectivity index (χ3n) is 4.52. The number of amides is 1. The van der Waals surface area contributed by atoms with Gasteiger partial charge >= 0.3 is 0 Å². The van der Waals surface area contributed by atoms with Crippen molar-refractivity contribution in [1.82, 2.24) is 4.98 Å². The number of benzene rings is 1. The predicted molar refractivity (Wildman–Crippen MR) is 114 cm³/mol. The van der Waals surface area contributed by atoms with E-state index in [1.165, 1.54) is 31.1 Å². The molecular weight excluding hydrogens is 388 g/mol. The quantitative estimate of drug-likeness (QED) is 0.763. The molecule has 2 N–H and O–H groups in total. The van der Waals surface area contributed by atoms with E-state index in [0.29, 0.717) is 28.4 Å². The van der Waals surface area contributed by atoms with E-state index >= 15 is 0 Å². The lowest BCUT2D eigenvalue weighted by Gasteiger charge is -2.13. The van der Waals surface area contributed by atoms with Gasteiger partial charge in [-0.2, -0.15) is 9.98 Å². The van der Waals surface area contributed by atoms with Crippen LogP contribution in [0, 0.1) is 5.92 Å². The van der Waals surface area contributed by atoms with Crippen LogP contribution in [-0.2, 0) is 9.53 Å². The number of hydrogen-bond donors (Lipinski definition) is 2. The van der Waals surface area contributed by atoms with E-state index in [1.54, 1.807) is 6.08 Å². The maximum Gasteiger partial charge on any atom is 0.244 e. The van der Waals surface area contributed by atoms with Crippen molar-refractivity contribution in [2.24, 2.45) is 15.9 Å². The topological polar surface area (TPSA) is 96.2 Å². The van der Waals surface area contributed by atoms with Gasteiger partial charge in [0.25, 0.3) is 0 Å². The highest BCUT2D eigenvalue weighted by Gasteiger charge is 2.21. The number of carbonyl (C=O) groups is 1. The summed E-state index contributed by atoms with van der Waals surface area (Å²) in [6.45, 7) is 4.67. The first-order valence-electron chi connectivity index (χ1n) is 9.60. The van der Waals surface area contributed by atoms with Gasteiger partial charge in [0.05, 0.1) is 16.8 Å². The summed E-state index contributed by atoms with van der Waals surface area (Å²) in [5.41, 5.74) is 0.819. The maximum absolute atomic E-state index is 11.3. The van der Waals surface area contributed by atoms with Crippen molar-refractivity contribution in [2.75, 3.05) is 18.5 Å². The van der Waals surface area contributed by atoms with Gasteiger partial charge in [0.2, 0.25) is 11.8 Å². The number of aromatic hydroxyl groups is 1. The predicted octanol–water partition coefficient (Wildman–Crippen LogP) is 2.46. The van der Waals surface area contributed by atoms with Crippen LogP contribution >= 0.6 is 11.3 Å². The number of aromatic nitrogens is 1. The van der Waals surface area contributed by atoms with Gasteiger partial charge in [-0.25, -0.2) is 4.99 Å². The molecule has 2 aliphatic rings. The molecule has 1 aromatic carbocycles. The second-order valence-corrected chi connectivity index (χ2v) is 8.03. The lowest BCUT2D eigenvalue weighted by molar-refractivity contribution is -0.115. The van der Waals surface area contributed by atoms with Crippen molar-refractivity contribution in [3.05, 3.63) is 45.3 Å². The summed E-state index contributed by atoms with van der Waals surface area (Å²) in [6.07, 6.45) is 6.08. The molecule has 0 atom stereocenters. The monoisotopic (exact) mass is 410 g/mol. The summed E-state index contributed by atoms with van der Waals surface area (Å²) in [5, 5.41) is 15.8. The Morgan fingerprint density at radius 3 is 3.00 bits per heavy atom. The van der Waals surface area contributed by atoms with Gasteiger partial charge in [-0.15, -0.1) is 0 Å². The van der Waals surface area contributed by atoms with Crippen LogP contribution in [0.2, 0.25) is 0 Å². The van der Waals surface area contributed by atoms with E-state index in [0.717, 1.165) is 28.4 Å². The molecule has 0 saturated heterocycles. The zero-order chi connectivity index (χ0) is 20.4. The fourth-order valence-corrected chi connectivity index (χ4v) is 3.81. The van der Waals surface area contributed by atoms with Crippen LogP contribution in [0.4, 0.5) is 5.13 Å². The minimum absolute atomic E-state index is 0.0205. The van der Waals surface area contributed by atoms with Crippen molar-refractivity contribution < 1.29 is 14.6 Å². The van der Waals surface area contributed by atoms with E-state index in [4.69, 9.17) is 4.74 Å². The summed E-state index contributed by atoms with van der Waals surface area (Å²) in [5.74, 6) is 1.39. The normalized spacial score (nSPS) is 17.5. The van der Waals surface area contributed by atoms with Crippen molar-refractivity contribution in [2.45, 2.75) is 26.7 Å². The molecule has 0 unspecified atom stereocenters. The van der Waals surface area contributed by atoms with Crippen molar-refractivity contribution in [3.63, 3.8) is 0 Å². The number of rotatable bonds is 6. The van der Waals surface area contributed by atoms with Gasteiger partial charge in [0, 0.05) is 25.1 Å². The third kappa shape index (κ3) is 4.71. The molecule has 2 aromatic rings. The first-order valence-corrected chi connectivity index (χ1v) is 10.4. The Morgan fingerprint density at radius 2 is 2.28 bits per heavy atom. The summed E-state index contributed by atoms with van der Waals surface area (Å²) in [7, 11) is 0. The number of nitrogens with zero attached hydrogens (tertiary/aromatic N) is 3. The average molecular weight is 410 g/mol. The second kappa shape index (κ2) is 8.16. The van der Waals surface area contributed by atoms with E-state index in [2.05, 4.69) is 20.3 Å². The maximum atomic E-state index is 11.3. The smallest absolute Gasteiger partial charge is 0.244 e. The molecule has 0 spiro atoms. The van der Waals surface area contributed by atoms with Crippen molar-refractivity contribution in [3.8, 4) is 5.88 Å². The molecular formula is C21H22N4O3S. The van der Waals surface area contributed by atoms with Crippen LogP contribution in [-0.4, -0.2) is 35.0 Å². The number of anilines is 1. The molecule has 7 nitrogen and oxygen atoms in total. The zero-order valence-corrected chi connectivity index (χ0v) is 17.1. The molecule has 1 amide bonds. The lowest BCUT2D eigenvalue weighted by Crippen LogP contribution is -2.21. The average Bonchev–Trinajstić information content (AvgIpc) is 3.44. The Hall–Kier alpha value is -3.00. The molecule has 150 valence electrons.